The molecule has 56 heavy (non-hydrogen) atoms. The molecule has 0 unspecified atom stereocenters. The number of pyridine rings is 1. The van der Waals surface area contributed by atoms with Crippen molar-refractivity contribution in [3.05, 3.63) is 199 Å². The van der Waals surface area contributed by atoms with Gasteiger partial charge in [0.25, 0.3) is 0 Å². The van der Waals surface area contributed by atoms with Crippen LogP contribution in [-0.4, -0.2) is 24.5 Å². The number of hydrogen-bond acceptors (Lipinski definition) is 4. The Balaban J connectivity index is 1.10. The Kier molecular flexibility index (Phi) is 7.49. The van der Waals surface area contributed by atoms with Gasteiger partial charge in [0.1, 0.15) is 0 Å². The average molecular weight is 716 g/mol. The van der Waals surface area contributed by atoms with Gasteiger partial charge in [-0.2, -0.15) is 0 Å². The summed E-state index contributed by atoms with van der Waals surface area (Å²) in [7, 11) is 0. The molecule has 0 atom stereocenters. The van der Waals surface area contributed by atoms with E-state index in [0.29, 0.717) is 17.5 Å². The smallest absolute Gasteiger partial charge is 0.166 e. The van der Waals surface area contributed by atoms with Crippen LogP contribution in [0, 0.1) is 0 Å². The lowest BCUT2D eigenvalue weighted by molar-refractivity contribution is 1.07. The molecule has 11 rings (SSSR count). The van der Waals surface area contributed by atoms with Crippen LogP contribution in [0.1, 0.15) is 11.1 Å². The predicted molar refractivity (Wildman–Crippen MR) is 227 cm³/mol. The molecule has 10 aromatic rings. The maximum absolute atomic E-state index is 5.21. The third-order valence-corrected chi connectivity index (χ3v) is 10.9. The monoisotopic (exact) mass is 715 g/mol. The van der Waals surface area contributed by atoms with Gasteiger partial charge in [-0.3, -0.25) is 4.98 Å². The van der Waals surface area contributed by atoms with Crippen LogP contribution in [0.4, 0.5) is 0 Å². The summed E-state index contributed by atoms with van der Waals surface area (Å²) < 4.78 is 2.39. The molecule has 0 radical (unpaired) electrons. The standard InChI is InChI=1S/C51H33N5/c1-5-15-33(16-6-1)39-31-43(51-54-49(34-17-7-2-8-18-34)53-50(55-51)35-19-9-3-10-20-35)48(52-32-39)37-25-27-41-38(30-37)29-36-26-28-45-47(46(36)41)42-23-13-14-24-44(42)56(45)40-21-11-4-12-22-40/h1-28,30-32H,29H2. The molecule has 262 valence electrons. The van der Waals surface area contributed by atoms with Crippen molar-refractivity contribution in [2.24, 2.45) is 0 Å². The second kappa shape index (κ2) is 13.1. The van der Waals surface area contributed by atoms with E-state index in [0.717, 1.165) is 51.2 Å². The molecule has 0 N–H and O–H groups in total. The lowest BCUT2D eigenvalue weighted by atomic mass is 9.96. The number of aromatic nitrogens is 5. The van der Waals surface area contributed by atoms with Gasteiger partial charge in [0.2, 0.25) is 0 Å². The van der Waals surface area contributed by atoms with Crippen molar-refractivity contribution >= 4 is 21.8 Å². The van der Waals surface area contributed by atoms with Gasteiger partial charge in [-0.05, 0) is 70.6 Å². The minimum absolute atomic E-state index is 0.581. The van der Waals surface area contributed by atoms with E-state index in [1.165, 1.54) is 44.1 Å². The molecule has 0 saturated heterocycles. The van der Waals surface area contributed by atoms with Crippen molar-refractivity contribution in [3.63, 3.8) is 0 Å². The highest BCUT2D eigenvalue weighted by Gasteiger charge is 2.26. The quantitative estimate of drug-likeness (QED) is 0.172. The summed E-state index contributed by atoms with van der Waals surface area (Å²) in [6.45, 7) is 0. The van der Waals surface area contributed by atoms with Crippen LogP contribution in [0.5, 0.6) is 0 Å². The maximum atomic E-state index is 5.21. The lowest BCUT2D eigenvalue weighted by Crippen LogP contribution is -2.02. The Morgan fingerprint density at radius 1 is 0.411 bits per heavy atom. The first-order chi connectivity index (χ1) is 27.8. The molecule has 3 aromatic heterocycles. The zero-order chi connectivity index (χ0) is 37.0. The summed E-state index contributed by atoms with van der Waals surface area (Å²) in [5, 5.41) is 2.56. The summed E-state index contributed by atoms with van der Waals surface area (Å²) in [6.07, 6.45) is 2.81. The fourth-order valence-electron chi connectivity index (χ4n) is 8.33. The van der Waals surface area contributed by atoms with E-state index < -0.39 is 0 Å². The SMILES string of the molecule is c1ccc(-c2cnc(-c3ccc4c(c3)Cc3ccc5c(c3-4)c3ccccc3n5-c3ccccc3)c(-c3nc(-c4ccccc4)nc(-c4ccccc4)n3)c2)cc1. The van der Waals surface area contributed by atoms with Crippen LogP contribution < -0.4 is 0 Å². The molecule has 0 saturated carbocycles. The molecule has 5 heteroatoms. The van der Waals surface area contributed by atoms with E-state index in [1.807, 2.05) is 72.9 Å². The van der Waals surface area contributed by atoms with E-state index in [-0.39, 0.29) is 0 Å². The van der Waals surface area contributed by atoms with Crippen molar-refractivity contribution < 1.29 is 0 Å². The molecule has 7 aromatic carbocycles. The fourth-order valence-corrected chi connectivity index (χ4v) is 8.33. The Labute approximate surface area is 324 Å². The molecule has 0 spiro atoms. The number of benzene rings is 7. The highest BCUT2D eigenvalue weighted by atomic mass is 15.0. The first-order valence-electron chi connectivity index (χ1n) is 18.9. The van der Waals surface area contributed by atoms with Gasteiger partial charge < -0.3 is 4.57 Å². The van der Waals surface area contributed by atoms with Crippen molar-refractivity contribution in [2.75, 3.05) is 0 Å². The van der Waals surface area contributed by atoms with Gasteiger partial charge in [-0.15, -0.1) is 0 Å². The highest BCUT2D eigenvalue weighted by molar-refractivity contribution is 6.17. The van der Waals surface area contributed by atoms with Gasteiger partial charge in [-0.1, -0.05) is 146 Å². The average Bonchev–Trinajstić information content (AvgIpc) is 3.82. The number of fused-ring (bicyclic) bond motifs is 7. The maximum Gasteiger partial charge on any atom is 0.166 e. The third-order valence-electron chi connectivity index (χ3n) is 10.9. The highest BCUT2D eigenvalue weighted by Crippen LogP contribution is 2.47. The van der Waals surface area contributed by atoms with Gasteiger partial charge in [-0.25, -0.2) is 15.0 Å². The topological polar surface area (TPSA) is 56.5 Å². The Hall–Kier alpha value is -7.50. The second-order valence-corrected chi connectivity index (χ2v) is 14.3. The summed E-state index contributed by atoms with van der Waals surface area (Å²) >= 11 is 0. The van der Waals surface area contributed by atoms with Gasteiger partial charge >= 0.3 is 0 Å². The molecule has 0 aliphatic heterocycles. The third kappa shape index (κ3) is 5.32. The van der Waals surface area contributed by atoms with Crippen molar-refractivity contribution in [3.8, 4) is 73.4 Å². The normalized spacial score (nSPS) is 11.9. The molecule has 1 aliphatic rings. The van der Waals surface area contributed by atoms with Crippen LogP contribution in [0.25, 0.3) is 95.2 Å². The number of nitrogens with zero attached hydrogens (tertiary/aromatic N) is 5. The number of para-hydroxylation sites is 2. The molecule has 0 bridgehead atoms. The van der Waals surface area contributed by atoms with E-state index >= 15 is 0 Å². The first-order valence-corrected chi connectivity index (χ1v) is 18.9. The molecule has 0 amide bonds. The Bertz CT molecular complexity index is 3020. The van der Waals surface area contributed by atoms with Gasteiger partial charge in [0.15, 0.2) is 17.5 Å². The largest absolute Gasteiger partial charge is 0.309 e. The minimum atomic E-state index is 0.581. The van der Waals surface area contributed by atoms with E-state index in [2.05, 4.69) is 120 Å². The van der Waals surface area contributed by atoms with Crippen molar-refractivity contribution in [1.29, 1.82) is 0 Å². The predicted octanol–water partition coefficient (Wildman–Crippen LogP) is 12.3. The van der Waals surface area contributed by atoms with Gasteiger partial charge in [0.05, 0.1) is 16.7 Å². The zero-order valence-electron chi connectivity index (χ0n) is 30.3. The number of rotatable bonds is 6. The summed E-state index contributed by atoms with van der Waals surface area (Å²) in [5.74, 6) is 1.82. The molecule has 1 aliphatic carbocycles. The van der Waals surface area contributed by atoms with Crippen LogP contribution in [0.3, 0.4) is 0 Å². The van der Waals surface area contributed by atoms with E-state index in [9.17, 15) is 0 Å². The minimum Gasteiger partial charge on any atom is -0.309 e. The molecular weight excluding hydrogens is 683 g/mol. The second-order valence-electron chi connectivity index (χ2n) is 14.3. The van der Waals surface area contributed by atoms with Crippen molar-refractivity contribution in [1.82, 2.24) is 24.5 Å². The fraction of sp³-hybridized carbons (Fsp3) is 0.0196. The Morgan fingerprint density at radius 3 is 1.71 bits per heavy atom. The van der Waals surface area contributed by atoms with E-state index in [4.69, 9.17) is 19.9 Å². The Morgan fingerprint density at radius 2 is 1.02 bits per heavy atom. The summed E-state index contributed by atoms with van der Waals surface area (Å²) in [5.41, 5.74) is 15.4. The molecule has 0 fully saturated rings. The van der Waals surface area contributed by atoms with Gasteiger partial charge in [0, 0.05) is 50.5 Å². The van der Waals surface area contributed by atoms with Crippen molar-refractivity contribution in [2.45, 2.75) is 6.42 Å². The first kappa shape index (κ1) is 32.0. The molecule has 3 heterocycles. The van der Waals surface area contributed by atoms with Crippen LogP contribution in [0.15, 0.2) is 188 Å². The zero-order valence-corrected chi connectivity index (χ0v) is 30.3. The summed E-state index contributed by atoms with van der Waals surface area (Å²) in [4.78, 5) is 20.5. The van der Waals surface area contributed by atoms with Crippen LogP contribution in [-0.2, 0) is 6.42 Å². The summed E-state index contributed by atoms with van der Waals surface area (Å²) in [6, 6.07) is 63.7. The lowest BCUT2D eigenvalue weighted by Gasteiger charge is -2.14. The molecule has 5 nitrogen and oxygen atoms in total. The molecular formula is C51H33N5. The van der Waals surface area contributed by atoms with Crippen LogP contribution in [0.2, 0.25) is 0 Å². The number of hydrogen-bond donors (Lipinski definition) is 0. The van der Waals surface area contributed by atoms with Crippen LogP contribution >= 0.6 is 0 Å². The van der Waals surface area contributed by atoms with E-state index in [1.54, 1.807) is 0 Å².